The third-order valence-corrected chi connectivity index (χ3v) is 6.93. The molecular formula is C27H26BrNO3S. The molecule has 0 saturated carbocycles. The Morgan fingerprint density at radius 1 is 1.03 bits per heavy atom. The molecule has 0 unspecified atom stereocenters. The van der Waals surface area contributed by atoms with E-state index in [9.17, 15) is 4.79 Å². The van der Waals surface area contributed by atoms with Gasteiger partial charge in [0.25, 0.3) is 0 Å². The summed E-state index contributed by atoms with van der Waals surface area (Å²) in [5, 5.41) is 0.940. The van der Waals surface area contributed by atoms with Crippen molar-refractivity contribution >= 4 is 44.8 Å². The molecule has 0 radical (unpaired) electrons. The summed E-state index contributed by atoms with van der Waals surface area (Å²) in [5.74, 6) is -0.134. The van der Waals surface area contributed by atoms with E-state index < -0.39 is 5.97 Å². The molecule has 4 rings (SSSR count). The summed E-state index contributed by atoms with van der Waals surface area (Å²) in [4.78, 5) is 13.3. The van der Waals surface area contributed by atoms with Gasteiger partial charge in [-0.25, -0.2) is 9.10 Å². The molecule has 3 aromatic carbocycles. The highest BCUT2D eigenvalue weighted by molar-refractivity contribution is 9.10. The Kier molecular flexibility index (Phi) is 7.91. The summed E-state index contributed by atoms with van der Waals surface area (Å²) in [6, 6.07) is 25.1. The standard InChI is InChI=1S/C27H26BrNO3S/c1-3-31-27(30)26-19(2)24-17-23(13-14-25(24)32-26)33-29(16-15-20-7-5-4-6-8-20)18-21-9-11-22(28)12-10-21/h4-14,17H,3,15-16,18H2,1-2H3. The lowest BCUT2D eigenvalue weighted by molar-refractivity contribution is 0.0491. The van der Waals surface area contributed by atoms with E-state index in [0.29, 0.717) is 12.2 Å². The topological polar surface area (TPSA) is 42.7 Å². The van der Waals surface area contributed by atoms with Crippen molar-refractivity contribution in [3.05, 3.63) is 99.7 Å². The first-order valence-electron chi connectivity index (χ1n) is 10.9. The van der Waals surface area contributed by atoms with E-state index in [1.54, 1.807) is 18.9 Å². The maximum absolute atomic E-state index is 12.2. The van der Waals surface area contributed by atoms with Gasteiger partial charge in [0.05, 0.1) is 6.61 Å². The fourth-order valence-electron chi connectivity index (χ4n) is 3.65. The fourth-order valence-corrected chi connectivity index (χ4v) is 4.90. The minimum atomic E-state index is -0.417. The number of benzene rings is 3. The number of ether oxygens (including phenoxy) is 1. The number of carbonyl (C=O) groups is 1. The van der Waals surface area contributed by atoms with Gasteiger partial charge in [-0.3, -0.25) is 0 Å². The van der Waals surface area contributed by atoms with Gasteiger partial charge in [0, 0.05) is 33.4 Å². The van der Waals surface area contributed by atoms with Crippen molar-refractivity contribution in [1.82, 2.24) is 4.31 Å². The van der Waals surface area contributed by atoms with Gasteiger partial charge < -0.3 is 9.15 Å². The quantitative estimate of drug-likeness (QED) is 0.168. The number of fused-ring (bicyclic) bond motifs is 1. The summed E-state index contributed by atoms with van der Waals surface area (Å²) in [6.07, 6.45) is 0.963. The Morgan fingerprint density at radius 2 is 1.79 bits per heavy atom. The number of nitrogens with zero attached hydrogens (tertiary/aromatic N) is 1. The predicted octanol–water partition coefficient (Wildman–Crippen LogP) is 7.43. The van der Waals surface area contributed by atoms with Crippen molar-refractivity contribution < 1.29 is 13.9 Å². The SMILES string of the molecule is CCOC(=O)c1oc2ccc(SN(CCc3ccccc3)Cc3ccc(Br)cc3)cc2c1C. The Labute approximate surface area is 207 Å². The zero-order valence-corrected chi connectivity index (χ0v) is 21.1. The molecule has 4 aromatic rings. The van der Waals surface area contributed by atoms with Crippen molar-refractivity contribution in [3.63, 3.8) is 0 Å². The molecule has 0 atom stereocenters. The van der Waals surface area contributed by atoms with Crippen LogP contribution in [0, 0.1) is 6.92 Å². The van der Waals surface area contributed by atoms with Crippen LogP contribution < -0.4 is 0 Å². The normalized spacial score (nSPS) is 11.3. The number of esters is 1. The number of hydrogen-bond acceptors (Lipinski definition) is 5. The smallest absolute Gasteiger partial charge is 0.374 e. The Balaban J connectivity index is 1.56. The Bertz CT molecular complexity index is 1220. The van der Waals surface area contributed by atoms with Gasteiger partial charge in [-0.1, -0.05) is 58.4 Å². The number of rotatable bonds is 9. The average Bonchev–Trinajstić information content (AvgIpc) is 3.16. The van der Waals surface area contributed by atoms with Crippen molar-refractivity contribution in [1.29, 1.82) is 0 Å². The fraction of sp³-hybridized carbons (Fsp3) is 0.222. The second-order valence-electron chi connectivity index (χ2n) is 7.75. The van der Waals surface area contributed by atoms with Crippen LogP contribution in [0.1, 0.15) is 34.2 Å². The highest BCUT2D eigenvalue weighted by Crippen LogP contribution is 2.32. The van der Waals surface area contributed by atoms with E-state index in [2.05, 4.69) is 74.8 Å². The van der Waals surface area contributed by atoms with E-state index in [-0.39, 0.29) is 5.76 Å². The van der Waals surface area contributed by atoms with Gasteiger partial charge in [-0.2, -0.15) is 0 Å². The van der Waals surface area contributed by atoms with Crippen molar-refractivity contribution in [2.45, 2.75) is 31.7 Å². The van der Waals surface area contributed by atoms with Crippen LogP contribution in [0.4, 0.5) is 0 Å². The number of furan rings is 1. The summed E-state index contributed by atoms with van der Waals surface area (Å²) in [6.45, 7) is 5.74. The predicted molar refractivity (Wildman–Crippen MR) is 137 cm³/mol. The number of aryl methyl sites for hydroxylation is 1. The number of hydrogen-bond donors (Lipinski definition) is 0. The molecule has 0 N–H and O–H groups in total. The van der Waals surface area contributed by atoms with E-state index in [1.807, 2.05) is 25.1 Å². The number of carbonyl (C=O) groups excluding carboxylic acids is 1. The molecule has 0 amide bonds. The first-order chi connectivity index (χ1) is 16.0. The molecule has 1 aromatic heterocycles. The van der Waals surface area contributed by atoms with Gasteiger partial charge in [0.1, 0.15) is 5.58 Å². The summed E-state index contributed by atoms with van der Waals surface area (Å²) in [7, 11) is 0. The van der Waals surface area contributed by atoms with Crippen molar-refractivity contribution in [2.75, 3.05) is 13.2 Å². The van der Waals surface area contributed by atoms with Gasteiger partial charge in [-0.15, -0.1) is 0 Å². The molecule has 0 bridgehead atoms. The van der Waals surface area contributed by atoms with E-state index in [4.69, 9.17) is 9.15 Å². The van der Waals surface area contributed by atoms with Gasteiger partial charge in [-0.05, 0) is 73.7 Å². The van der Waals surface area contributed by atoms with Gasteiger partial charge in [0.15, 0.2) is 0 Å². The molecular weight excluding hydrogens is 498 g/mol. The van der Waals surface area contributed by atoms with E-state index >= 15 is 0 Å². The summed E-state index contributed by atoms with van der Waals surface area (Å²) in [5.41, 5.74) is 4.08. The van der Waals surface area contributed by atoms with Gasteiger partial charge in [0.2, 0.25) is 5.76 Å². The van der Waals surface area contributed by atoms with Crippen LogP contribution in [-0.4, -0.2) is 23.4 Å². The summed E-state index contributed by atoms with van der Waals surface area (Å²) < 4.78 is 14.4. The highest BCUT2D eigenvalue weighted by atomic mass is 79.9. The van der Waals surface area contributed by atoms with Crippen molar-refractivity contribution in [3.8, 4) is 0 Å². The second-order valence-corrected chi connectivity index (χ2v) is 9.84. The summed E-state index contributed by atoms with van der Waals surface area (Å²) >= 11 is 5.24. The number of halogens is 1. The molecule has 4 nitrogen and oxygen atoms in total. The zero-order chi connectivity index (χ0) is 23.2. The van der Waals surface area contributed by atoms with Gasteiger partial charge >= 0.3 is 5.97 Å². The van der Waals surface area contributed by atoms with Crippen LogP contribution in [0.3, 0.4) is 0 Å². The largest absolute Gasteiger partial charge is 0.460 e. The molecule has 170 valence electrons. The minimum absolute atomic E-state index is 0.282. The van der Waals surface area contributed by atoms with Crippen LogP contribution in [0.15, 0.2) is 86.6 Å². The van der Waals surface area contributed by atoms with E-state index in [1.165, 1.54) is 11.1 Å². The van der Waals surface area contributed by atoms with Crippen LogP contribution in [0.2, 0.25) is 0 Å². The van der Waals surface area contributed by atoms with Crippen LogP contribution in [0.5, 0.6) is 0 Å². The molecule has 1 heterocycles. The Hall–Kier alpha value is -2.54. The molecule has 0 aliphatic rings. The molecule has 0 fully saturated rings. The molecule has 0 spiro atoms. The lowest BCUT2D eigenvalue weighted by atomic mass is 10.1. The average molecular weight is 524 g/mol. The zero-order valence-electron chi connectivity index (χ0n) is 18.7. The highest BCUT2D eigenvalue weighted by Gasteiger charge is 2.19. The monoisotopic (exact) mass is 523 g/mol. The maximum Gasteiger partial charge on any atom is 0.374 e. The Morgan fingerprint density at radius 3 is 2.52 bits per heavy atom. The molecule has 0 aliphatic heterocycles. The molecule has 33 heavy (non-hydrogen) atoms. The molecule has 0 aliphatic carbocycles. The lowest BCUT2D eigenvalue weighted by Crippen LogP contribution is -2.18. The van der Waals surface area contributed by atoms with Crippen LogP contribution in [0.25, 0.3) is 11.0 Å². The van der Waals surface area contributed by atoms with Crippen molar-refractivity contribution in [2.24, 2.45) is 0 Å². The van der Waals surface area contributed by atoms with E-state index in [0.717, 1.165) is 39.8 Å². The maximum atomic E-state index is 12.2. The first-order valence-corrected chi connectivity index (χ1v) is 12.5. The molecule has 0 saturated heterocycles. The third-order valence-electron chi connectivity index (χ3n) is 5.37. The lowest BCUT2D eigenvalue weighted by Gasteiger charge is -2.21. The third kappa shape index (κ3) is 6.08. The second kappa shape index (κ2) is 11.1. The molecule has 6 heteroatoms. The first kappa shape index (κ1) is 23.6. The van der Waals surface area contributed by atoms with Crippen LogP contribution >= 0.6 is 27.9 Å². The minimum Gasteiger partial charge on any atom is -0.460 e. The van der Waals surface area contributed by atoms with Crippen LogP contribution in [-0.2, 0) is 17.7 Å².